The Morgan fingerprint density at radius 3 is 3.05 bits per heavy atom. The van der Waals surface area contributed by atoms with Crippen LogP contribution in [0.3, 0.4) is 0 Å². The van der Waals surface area contributed by atoms with Gasteiger partial charge in [0.15, 0.2) is 5.82 Å². The first-order chi connectivity index (χ1) is 9.70. The van der Waals surface area contributed by atoms with E-state index in [0.717, 1.165) is 31.0 Å². The van der Waals surface area contributed by atoms with Crippen LogP contribution >= 0.6 is 0 Å². The summed E-state index contributed by atoms with van der Waals surface area (Å²) in [6, 6.07) is 0. The van der Waals surface area contributed by atoms with Gasteiger partial charge in [0.2, 0.25) is 5.91 Å². The Labute approximate surface area is 118 Å². The van der Waals surface area contributed by atoms with Crippen molar-refractivity contribution in [2.24, 2.45) is 0 Å². The molecule has 0 aliphatic carbocycles. The van der Waals surface area contributed by atoms with Gasteiger partial charge in [0.05, 0.1) is 13.2 Å². The Morgan fingerprint density at radius 2 is 2.35 bits per heavy atom. The summed E-state index contributed by atoms with van der Waals surface area (Å²) in [5, 5.41) is 7.05. The lowest BCUT2D eigenvalue weighted by Crippen LogP contribution is -2.41. The molecule has 0 bridgehead atoms. The summed E-state index contributed by atoms with van der Waals surface area (Å²) >= 11 is 0. The molecule has 112 valence electrons. The molecule has 1 fully saturated rings. The van der Waals surface area contributed by atoms with Gasteiger partial charge in [-0.15, -0.1) is 0 Å². The highest BCUT2D eigenvalue weighted by Gasteiger charge is 2.26. The smallest absolute Gasteiger partial charge is 0.248 e. The molecule has 1 N–H and O–H groups in total. The van der Waals surface area contributed by atoms with Crippen molar-refractivity contribution >= 4 is 5.91 Å². The first-order valence-electron chi connectivity index (χ1n) is 6.94. The maximum Gasteiger partial charge on any atom is 0.248 e. The number of amides is 1. The minimum absolute atomic E-state index is 0.0260. The van der Waals surface area contributed by atoms with Crippen LogP contribution in [0.5, 0.6) is 0 Å². The van der Waals surface area contributed by atoms with Crippen molar-refractivity contribution in [3.63, 3.8) is 0 Å². The predicted molar refractivity (Wildman–Crippen MR) is 72.4 cm³/mol. The maximum atomic E-state index is 12.1. The van der Waals surface area contributed by atoms with Crippen molar-refractivity contribution in [3.8, 4) is 0 Å². The molecule has 0 radical (unpaired) electrons. The maximum absolute atomic E-state index is 12.1. The van der Waals surface area contributed by atoms with Crippen molar-refractivity contribution in [3.05, 3.63) is 11.6 Å². The lowest BCUT2D eigenvalue weighted by Gasteiger charge is -2.31. The molecule has 7 heteroatoms. The fraction of sp³-hybridized carbons (Fsp3) is 0.769. The number of likely N-dealkylation sites (tertiary alicyclic amines) is 1. The average Bonchev–Trinajstić information content (AvgIpc) is 2.90. The van der Waals surface area contributed by atoms with Gasteiger partial charge in [-0.3, -0.25) is 9.89 Å². The van der Waals surface area contributed by atoms with Crippen molar-refractivity contribution in [2.45, 2.75) is 25.7 Å². The van der Waals surface area contributed by atoms with Crippen molar-refractivity contribution in [2.75, 3.05) is 40.0 Å². The van der Waals surface area contributed by atoms with Crippen LogP contribution in [0, 0.1) is 6.92 Å². The van der Waals surface area contributed by atoms with E-state index in [9.17, 15) is 4.79 Å². The zero-order valence-electron chi connectivity index (χ0n) is 12.1. The van der Waals surface area contributed by atoms with Gasteiger partial charge >= 0.3 is 0 Å². The fourth-order valence-electron chi connectivity index (χ4n) is 2.35. The number of methoxy groups -OCH3 is 1. The highest BCUT2D eigenvalue weighted by molar-refractivity contribution is 5.77. The largest absolute Gasteiger partial charge is 0.382 e. The SMILES string of the molecule is COCCOCC(=O)N1CCCC(c2n[nH]c(C)n2)C1. The summed E-state index contributed by atoms with van der Waals surface area (Å²) in [5.74, 6) is 1.86. The molecule has 1 aromatic heterocycles. The third-order valence-electron chi connectivity index (χ3n) is 3.41. The molecular formula is C13H22N4O3. The zero-order valence-corrected chi connectivity index (χ0v) is 12.1. The lowest BCUT2D eigenvalue weighted by molar-refractivity contribution is -0.137. The number of aryl methyl sites for hydroxylation is 1. The molecule has 1 aliphatic heterocycles. The van der Waals surface area contributed by atoms with Gasteiger partial charge in [0, 0.05) is 26.1 Å². The van der Waals surface area contributed by atoms with Gasteiger partial charge in [-0.2, -0.15) is 5.10 Å². The van der Waals surface area contributed by atoms with Crippen molar-refractivity contribution < 1.29 is 14.3 Å². The molecule has 0 aromatic carbocycles. The van der Waals surface area contributed by atoms with Crippen LogP contribution in [-0.2, 0) is 14.3 Å². The zero-order chi connectivity index (χ0) is 14.4. The number of nitrogens with zero attached hydrogens (tertiary/aromatic N) is 3. The van der Waals surface area contributed by atoms with E-state index in [1.54, 1.807) is 7.11 Å². The topological polar surface area (TPSA) is 80.3 Å². The number of aromatic amines is 1. The predicted octanol–water partition coefficient (Wildman–Crippen LogP) is 0.482. The first-order valence-corrected chi connectivity index (χ1v) is 6.94. The standard InChI is InChI=1S/C13H22N4O3/c1-10-14-13(16-15-10)11-4-3-5-17(8-11)12(18)9-20-7-6-19-2/h11H,3-9H2,1-2H3,(H,14,15,16). The van der Waals surface area contributed by atoms with Crippen LogP contribution in [0.2, 0.25) is 0 Å². The minimum atomic E-state index is 0.0260. The third kappa shape index (κ3) is 4.01. The summed E-state index contributed by atoms with van der Waals surface area (Å²) in [5.41, 5.74) is 0. The van der Waals surface area contributed by atoms with E-state index in [1.807, 2.05) is 11.8 Å². The van der Waals surface area contributed by atoms with Crippen LogP contribution in [0.15, 0.2) is 0 Å². The van der Waals surface area contributed by atoms with Gasteiger partial charge in [-0.1, -0.05) is 0 Å². The molecule has 1 aliphatic rings. The number of hydrogen-bond acceptors (Lipinski definition) is 5. The molecule has 20 heavy (non-hydrogen) atoms. The molecule has 0 saturated carbocycles. The second-order valence-corrected chi connectivity index (χ2v) is 5.00. The fourth-order valence-corrected chi connectivity index (χ4v) is 2.35. The molecule has 1 amide bonds. The molecule has 1 unspecified atom stereocenters. The van der Waals surface area contributed by atoms with E-state index < -0.39 is 0 Å². The molecule has 1 atom stereocenters. The number of H-pyrrole nitrogens is 1. The van der Waals surface area contributed by atoms with E-state index in [4.69, 9.17) is 9.47 Å². The molecule has 2 rings (SSSR count). The first kappa shape index (κ1) is 14.9. The number of ether oxygens (including phenoxy) is 2. The van der Waals surface area contributed by atoms with Crippen molar-refractivity contribution in [1.82, 2.24) is 20.1 Å². The van der Waals surface area contributed by atoms with Gasteiger partial charge in [0.1, 0.15) is 12.4 Å². The third-order valence-corrected chi connectivity index (χ3v) is 3.41. The van der Waals surface area contributed by atoms with E-state index >= 15 is 0 Å². The quantitative estimate of drug-likeness (QED) is 0.768. The molecule has 2 heterocycles. The van der Waals surface area contributed by atoms with E-state index in [0.29, 0.717) is 19.8 Å². The molecular weight excluding hydrogens is 260 g/mol. The summed E-state index contributed by atoms with van der Waals surface area (Å²) in [4.78, 5) is 18.3. The number of piperidine rings is 1. The monoisotopic (exact) mass is 282 g/mol. The second-order valence-electron chi connectivity index (χ2n) is 5.00. The van der Waals surface area contributed by atoms with Gasteiger partial charge in [0.25, 0.3) is 0 Å². The normalized spacial score (nSPS) is 19.3. The number of aromatic nitrogens is 3. The number of carbonyl (C=O) groups is 1. The van der Waals surface area contributed by atoms with E-state index in [2.05, 4.69) is 15.2 Å². The molecule has 0 spiro atoms. The Morgan fingerprint density at radius 1 is 1.50 bits per heavy atom. The average molecular weight is 282 g/mol. The molecule has 1 aromatic rings. The van der Waals surface area contributed by atoms with Gasteiger partial charge in [-0.05, 0) is 19.8 Å². The summed E-state index contributed by atoms with van der Waals surface area (Å²) in [6.07, 6.45) is 1.99. The van der Waals surface area contributed by atoms with Crippen LogP contribution in [0.1, 0.15) is 30.4 Å². The Kier molecular flexibility index (Phi) is 5.49. The van der Waals surface area contributed by atoms with Gasteiger partial charge < -0.3 is 14.4 Å². The second kappa shape index (κ2) is 7.35. The van der Waals surface area contributed by atoms with E-state index in [-0.39, 0.29) is 18.4 Å². The van der Waals surface area contributed by atoms with Crippen LogP contribution < -0.4 is 0 Å². The summed E-state index contributed by atoms with van der Waals surface area (Å²) in [6.45, 7) is 4.40. The van der Waals surface area contributed by atoms with Crippen molar-refractivity contribution in [1.29, 1.82) is 0 Å². The number of rotatable bonds is 6. The number of nitrogens with one attached hydrogen (secondary N) is 1. The van der Waals surface area contributed by atoms with Gasteiger partial charge in [-0.25, -0.2) is 4.98 Å². The molecule has 7 nitrogen and oxygen atoms in total. The van der Waals surface area contributed by atoms with Crippen LogP contribution in [0.25, 0.3) is 0 Å². The number of hydrogen-bond donors (Lipinski definition) is 1. The number of carbonyl (C=O) groups excluding carboxylic acids is 1. The summed E-state index contributed by atoms with van der Waals surface area (Å²) in [7, 11) is 1.61. The lowest BCUT2D eigenvalue weighted by atomic mass is 9.97. The molecule has 1 saturated heterocycles. The Bertz CT molecular complexity index is 435. The Balaban J connectivity index is 1.82. The highest BCUT2D eigenvalue weighted by Crippen LogP contribution is 2.24. The van der Waals surface area contributed by atoms with Crippen LogP contribution in [-0.4, -0.2) is 66.0 Å². The van der Waals surface area contributed by atoms with E-state index in [1.165, 1.54) is 0 Å². The highest BCUT2D eigenvalue weighted by atomic mass is 16.5. The summed E-state index contributed by atoms with van der Waals surface area (Å²) < 4.78 is 10.2. The van der Waals surface area contributed by atoms with Crippen LogP contribution in [0.4, 0.5) is 0 Å². The Hall–Kier alpha value is -1.47. The minimum Gasteiger partial charge on any atom is -0.382 e.